The van der Waals surface area contributed by atoms with Crippen LogP contribution in [0.5, 0.6) is 0 Å². The highest BCUT2D eigenvalue weighted by atomic mass is 16.5. The van der Waals surface area contributed by atoms with Crippen molar-refractivity contribution in [3.63, 3.8) is 0 Å². The molecule has 2 aromatic carbocycles. The van der Waals surface area contributed by atoms with E-state index >= 15 is 0 Å². The Morgan fingerprint density at radius 2 is 1.79 bits per heavy atom. The lowest BCUT2D eigenvalue weighted by Gasteiger charge is -2.11. The van der Waals surface area contributed by atoms with Gasteiger partial charge in [-0.15, -0.1) is 0 Å². The maximum atomic E-state index is 12.7. The van der Waals surface area contributed by atoms with Crippen LogP contribution in [0.1, 0.15) is 48.0 Å². The number of fused-ring (bicyclic) bond motifs is 1. The van der Waals surface area contributed by atoms with E-state index in [0.717, 1.165) is 16.0 Å². The predicted molar refractivity (Wildman–Crippen MR) is 118 cm³/mol. The highest BCUT2D eigenvalue weighted by Gasteiger charge is 2.36. The Kier molecular flexibility index (Phi) is 6.35. The molecule has 33 heavy (non-hydrogen) atoms. The monoisotopic (exact) mass is 446 g/mol. The van der Waals surface area contributed by atoms with E-state index in [9.17, 15) is 19.2 Å². The molecule has 0 atom stereocenters. The zero-order chi connectivity index (χ0) is 23.4. The molecule has 1 aromatic heterocycles. The summed E-state index contributed by atoms with van der Waals surface area (Å²) < 4.78 is 10.3. The van der Waals surface area contributed by atoms with Crippen LogP contribution in [0, 0.1) is 6.92 Å². The average Bonchev–Trinajstić information content (AvgIpc) is 3.41. The van der Waals surface area contributed by atoms with Gasteiger partial charge in [-0.1, -0.05) is 24.3 Å². The van der Waals surface area contributed by atoms with Gasteiger partial charge in [0, 0.05) is 6.54 Å². The number of ether oxygens (including phenoxy) is 1. The van der Waals surface area contributed by atoms with Gasteiger partial charge < -0.3 is 14.5 Å². The molecule has 8 heteroatoms. The molecule has 0 radical (unpaired) electrons. The van der Waals surface area contributed by atoms with Crippen molar-refractivity contribution in [3.8, 4) is 0 Å². The number of nitrogens with one attached hydrogen (secondary N) is 1. The molecule has 8 nitrogen and oxygen atoms in total. The van der Waals surface area contributed by atoms with E-state index in [-0.39, 0.29) is 23.2 Å². The number of rotatable bonds is 8. The lowest BCUT2D eigenvalue weighted by Crippen LogP contribution is -2.30. The van der Waals surface area contributed by atoms with Gasteiger partial charge in [-0.25, -0.2) is 4.79 Å². The Labute approximate surface area is 190 Å². The van der Waals surface area contributed by atoms with E-state index in [4.69, 9.17) is 9.15 Å². The summed E-state index contributed by atoms with van der Waals surface area (Å²) in [5, 5.41) is 2.72. The normalized spacial score (nSPS) is 12.6. The minimum atomic E-state index is -0.753. The number of amides is 3. The van der Waals surface area contributed by atoms with Crippen molar-refractivity contribution in [1.82, 2.24) is 10.2 Å². The smallest absolute Gasteiger partial charge is 0.338 e. The number of aryl methyl sites for hydroxylation is 1. The first-order chi connectivity index (χ1) is 15.9. The first kappa shape index (κ1) is 22.0. The maximum absolute atomic E-state index is 12.7. The number of imide groups is 1. The molecule has 0 spiro atoms. The summed E-state index contributed by atoms with van der Waals surface area (Å²) >= 11 is 0. The van der Waals surface area contributed by atoms with Gasteiger partial charge in [0.05, 0.1) is 29.5 Å². The number of carbonyl (C=O) groups is 4. The second-order valence-corrected chi connectivity index (χ2v) is 7.64. The zero-order valence-corrected chi connectivity index (χ0v) is 18.0. The molecule has 0 aliphatic carbocycles. The summed E-state index contributed by atoms with van der Waals surface area (Å²) in [6, 6.07) is 15.4. The maximum Gasteiger partial charge on any atom is 0.338 e. The molecular weight excluding hydrogens is 424 g/mol. The van der Waals surface area contributed by atoms with Crippen molar-refractivity contribution in [3.05, 3.63) is 94.4 Å². The van der Waals surface area contributed by atoms with Crippen molar-refractivity contribution in [1.29, 1.82) is 0 Å². The molecule has 0 unspecified atom stereocenters. The Morgan fingerprint density at radius 3 is 2.55 bits per heavy atom. The SMILES string of the molecule is Cc1ccccc1CCNC(=O)COC(=O)c1ccc2c(c1)C(=O)N(Cc1ccco1)C2=O. The fourth-order valence-corrected chi connectivity index (χ4v) is 3.61. The third kappa shape index (κ3) is 4.85. The Hall–Kier alpha value is -4.20. The van der Waals surface area contributed by atoms with Crippen LogP contribution in [0.2, 0.25) is 0 Å². The summed E-state index contributed by atoms with van der Waals surface area (Å²) in [6.45, 7) is 1.98. The van der Waals surface area contributed by atoms with E-state index in [0.29, 0.717) is 18.7 Å². The summed E-state index contributed by atoms with van der Waals surface area (Å²) in [6.07, 6.45) is 2.13. The lowest BCUT2D eigenvalue weighted by atomic mass is 10.1. The average molecular weight is 446 g/mol. The first-order valence-electron chi connectivity index (χ1n) is 10.4. The van der Waals surface area contributed by atoms with Crippen molar-refractivity contribution in [2.75, 3.05) is 13.2 Å². The number of furan rings is 1. The van der Waals surface area contributed by atoms with E-state index in [1.165, 1.54) is 24.5 Å². The van der Waals surface area contributed by atoms with Crippen LogP contribution in [0.15, 0.2) is 65.3 Å². The second-order valence-electron chi connectivity index (χ2n) is 7.64. The summed E-state index contributed by atoms with van der Waals surface area (Å²) in [5.41, 5.74) is 2.68. The van der Waals surface area contributed by atoms with Crippen LogP contribution >= 0.6 is 0 Å². The van der Waals surface area contributed by atoms with Gasteiger partial charge in [-0.3, -0.25) is 19.3 Å². The third-order valence-corrected chi connectivity index (χ3v) is 5.41. The quantitative estimate of drug-likeness (QED) is 0.421. The van der Waals surface area contributed by atoms with E-state index in [1.54, 1.807) is 12.1 Å². The van der Waals surface area contributed by atoms with Gasteiger partial charge in [0.1, 0.15) is 5.76 Å². The number of carbonyl (C=O) groups excluding carboxylic acids is 4. The molecule has 1 aliphatic rings. The summed E-state index contributed by atoms with van der Waals surface area (Å²) in [5.74, 6) is -1.68. The van der Waals surface area contributed by atoms with Crippen molar-refractivity contribution in [2.24, 2.45) is 0 Å². The molecule has 0 saturated carbocycles. The van der Waals surface area contributed by atoms with Gasteiger partial charge >= 0.3 is 5.97 Å². The Morgan fingerprint density at radius 1 is 1.00 bits per heavy atom. The number of hydrogen-bond acceptors (Lipinski definition) is 6. The molecule has 3 aromatic rings. The van der Waals surface area contributed by atoms with E-state index in [1.807, 2.05) is 31.2 Å². The van der Waals surface area contributed by atoms with Gasteiger partial charge in [0.15, 0.2) is 6.61 Å². The zero-order valence-electron chi connectivity index (χ0n) is 18.0. The first-order valence-corrected chi connectivity index (χ1v) is 10.4. The molecule has 168 valence electrons. The largest absolute Gasteiger partial charge is 0.467 e. The standard InChI is InChI=1S/C25H22N2O6/c1-16-5-2-3-6-17(16)10-11-26-22(28)15-33-25(31)18-8-9-20-21(13-18)24(30)27(23(20)29)14-19-7-4-12-32-19/h2-9,12-13H,10-11,14-15H2,1H3,(H,26,28). The Bertz CT molecular complexity index is 1220. The molecule has 0 bridgehead atoms. The van der Waals surface area contributed by atoms with Crippen LogP contribution in [0.4, 0.5) is 0 Å². The van der Waals surface area contributed by atoms with E-state index < -0.39 is 30.3 Å². The minimum absolute atomic E-state index is 0.00179. The second kappa shape index (κ2) is 9.52. The van der Waals surface area contributed by atoms with Gasteiger partial charge in [-0.2, -0.15) is 0 Å². The van der Waals surface area contributed by atoms with Gasteiger partial charge in [-0.05, 0) is 54.8 Å². The van der Waals surface area contributed by atoms with Gasteiger partial charge in [0.2, 0.25) is 0 Å². The van der Waals surface area contributed by atoms with Crippen molar-refractivity contribution < 1.29 is 28.3 Å². The fraction of sp³-hybridized carbons (Fsp3) is 0.200. The molecule has 1 N–H and O–H groups in total. The molecule has 3 amide bonds. The number of hydrogen-bond donors (Lipinski definition) is 1. The molecule has 4 rings (SSSR count). The highest BCUT2D eigenvalue weighted by molar-refractivity contribution is 6.21. The van der Waals surface area contributed by atoms with E-state index in [2.05, 4.69) is 5.32 Å². The van der Waals surface area contributed by atoms with Crippen LogP contribution in [-0.2, 0) is 22.5 Å². The topological polar surface area (TPSA) is 106 Å². The van der Waals surface area contributed by atoms with Crippen molar-refractivity contribution >= 4 is 23.7 Å². The van der Waals surface area contributed by atoms with Crippen LogP contribution < -0.4 is 5.32 Å². The molecule has 0 saturated heterocycles. The number of esters is 1. The molecule has 2 heterocycles. The van der Waals surface area contributed by atoms with Crippen LogP contribution in [-0.4, -0.2) is 41.7 Å². The summed E-state index contributed by atoms with van der Waals surface area (Å²) in [4.78, 5) is 50.7. The molecular formula is C25H22N2O6. The van der Waals surface area contributed by atoms with Gasteiger partial charge in [0.25, 0.3) is 17.7 Å². The Balaban J connectivity index is 1.31. The molecule has 0 fully saturated rings. The summed E-state index contributed by atoms with van der Waals surface area (Å²) in [7, 11) is 0. The van der Waals surface area contributed by atoms with Crippen LogP contribution in [0.3, 0.4) is 0 Å². The lowest BCUT2D eigenvalue weighted by molar-refractivity contribution is -0.124. The van der Waals surface area contributed by atoms with Crippen LogP contribution in [0.25, 0.3) is 0 Å². The fourth-order valence-electron chi connectivity index (χ4n) is 3.61. The molecule has 1 aliphatic heterocycles. The van der Waals surface area contributed by atoms with Crippen molar-refractivity contribution in [2.45, 2.75) is 19.9 Å². The minimum Gasteiger partial charge on any atom is -0.467 e. The highest BCUT2D eigenvalue weighted by Crippen LogP contribution is 2.26. The number of nitrogens with zero attached hydrogens (tertiary/aromatic N) is 1. The third-order valence-electron chi connectivity index (χ3n) is 5.41. The number of benzene rings is 2. The predicted octanol–water partition coefficient (Wildman–Crippen LogP) is 2.90.